The van der Waals surface area contributed by atoms with Crippen LogP contribution in [0.1, 0.15) is 17.0 Å². The van der Waals surface area contributed by atoms with Crippen LogP contribution in [-0.4, -0.2) is 29.7 Å². The zero-order chi connectivity index (χ0) is 21.8. The van der Waals surface area contributed by atoms with Crippen LogP contribution in [0.4, 0.5) is 5.69 Å². The number of rotatable bonds is 7. The van der Waals surface area contributed by atoms with Crippen molar-refractivity contribution in [1.29, 1.82) is 0 Å². The van der Waals surface area contributed by atoms with Crippen LogP contribution in [0.15, 0.2) is 66.7 Å². The quantitative estimate of drug-likeness (QED) is 0.479. The molecular weight excluding hydrogens is 390 g/mol. The van der Waals surface area contributed by atoms with Crippen LogP contribution < -0.4 is 14.8 Å². The number of fused-ring (bicyclic) bond motifs is 1. The van der Waals surface area contributed by atoms with Gasteiger partial charge in [-0.15, -0.1) is 0 Å². The monoisotopic (exact) mass is 415 g/mol. The molecule has 0 aliphatic rings. The molecule has 4 aromatic rings. The second-order valence-electron chi connectivity index (χ2n) is 7.39. The van der Waals surface area contributed by atoms with Gasteiger partial charge < -0.3 is 19.4 Å². The van der Waals surface area contributed by atoms with Crippen LogP contribution in [0, 0.1) is 6.92 Å². The third-order valence-corrected chi connectivity index (χ3v) is 5.15. The van der Waals surface area contributed by atoms with Crippen molar-refractivity contribution in [3.8, 4) is 11.5 Å². The average Bonchev–Trinajstić information content (AvgIpc) is 3.10. The Labute approximate surface area is 181 Å². The third-order valence-electron chi connectivity index (χ3n) is 5.15. The summed E-state index contributed by atoms with van der Waals surface area (Å²) in [6, 6.07) is 21.4. The predicted molar refractivity (Wildman–Crippen MR) is 122 cm³/mol. The molecule has 1 aromatic heterocycles. The summed E-state index contributed by atoms with van der Waals surface area (Å²) in [5.41, 5.74) is 4.70. The van der Waals surface area contributed by atoms with E-state index in [2.05, 4.69) is 5.32 Å². The molecule has 31 heavy (non-hydrogen) atoms. The number of nitrogens with zero attached hydrogens (tertiary/aromatic N) is 2. The lowest BCUT2D eigenvalue weighted by Gasteiger charge is -2.12. The zero-order valence-corrected chi connectivity index (χ0v) is 17.9. The van der Waals surface area contributed by atoms with Gasteiger partial charge in [-0.05, 0) is 54.4 Å². The van der Waals surface area contributed by atoms with Gasteiger partial charge in [-0.1, -0.05) is 30.3 Å². The van der Waals surface area contributed by atoms with Gasteiger partial charge in [-0.25, -0.2) is 4.98 Å². The van der Waals surface area contributed by atoms with E-state index in [1.54, 1.807) is 14.2 Å². The first kappa shape index (κ1) is 20.5. The molecule has 6 heteroatoms. The highest BCUT2D eigenvalue weighted by molar-refractivity contribution is 5.91. The number of hydrogen-bond donors (Lipinski definition) is 1. The van der Waals surface area contributed by atoms with Crippen LogP contribution in [0.2, 0.25) is 0 Å². The fourth-order valence-corrected chi connectivity index (χ4v) is 3.68. The minimum absolute atomic E-state index is 0.0951. The lowest BCUT2D eigenvalue weighted by atomic mass is 10.1. The largest absolute Gasteiger partial charge is 0.493 e. The minimum Gasteiger partial charge on any atom is -0.493 e. The molecule has 0 aliphatic heterocycles. The van der Waals surface area contributed by atoms with E-state index in [1.165, 1.54) is 0 Å². The van der Waals surface area contributed by atoms with E-state index >= 15 is 0 Å². The first-order valence-corrected chi connectivity index (χ1v) is 10.1. The number of nitrogens with one attached hydrogen (secondary N) is 1. The first-order valence-electron chi connectivity index (χ1n) is 10.1. The SMILES string of the molecule is COc1ccc(Cc2nc3ccccc3n2CC(=O)Nc2cccc(C)c2)cc1OC. The fraction of sp³-hybridized carbons (Fsp3) is 0.200. The highest BCUT2D eigenvalue weighted by Crippen LogP contribution is 2.29. The van der Waals surface area contributed by atoms with E-state index in [4.69, 9.17) is 14.5 Å². The Bertz CT molecular complexity index is 1230. The van der Waals surface area contributed by atoms with Crippen molar-refractivity contribution in [3.05, 3.63) is 83.7 Å². The van der Waals surface area contributed by atoms with Crippen molar-refractivity contribution in [2.75, 3.05) is 19.5 Å². The standard InChI is InChI=1S/C25H25N3O3/c1-17-7-6-8-19(13-17)26-25(29)16-28-21-10-5-4-9-20(21)27-24(28)15-18-11-12-22(30-2)23(14-18)31-3/h4-14H,15-16H2,1-3H3,(H,26,29). The Morgan fingerprint density at radius 3 is 2.55 bits per heavy atom. The van der Waals surface area contributed by atoms with Gasteiger partial charge in [-0.2, -0.15) is 0 Å². The van der Waals surface area contributed by atoms with E-state index in [1.807, 2.05) is 78.2 Å². The zero-order valence-electron chi connectivity index (χ0n) is 17.9. The molecule has 0 saturated carbocycles. The average molecular weight is 415 g/mol. The van der Waals surface area contributed by atoms with Crippen molar-refractivity contribution < 1.29 is 14.3 Å². The van der Waals surface area contributed by atoms with E-state index in [0.29, 0.717) is 17.9 Å². The number of hydrogen-bond acceptors (Lipinski definition) is 4. The molecule has 0 unspecified atom stereocenters. The molecule has 3 aromatic carbocycles. The molecule has 0 saturated heterocycles. The van der Waals surface area contributed by atoms with Gasteiger partial charge in [0.05, 0.1) is 25.3 Å². The normalized spacial score (nSPS) is 10.8. The summed E-state index contributed by atoms with van der Waals surface area (Å²) in [5, 5.41) is 2.99. The predicted octanol–water partition coefficient (Wildman–Crippen LogP) is 4.59. The van der Waals surface area contributed by atoms with E-state index < -0.39 is 0 Å². The summed E-state index contributed by atoms with van der Waals surface area (Å²) < 4.78 is 12.7. The van der Waals surface area contributed by atoms with Crippen LogP contribution in [0.5, 0.6) is 11.5 Å². The topological polar surface area (TPSA) is 65.4 Å². The van der Waals surface area contributed by atoms with Crippen molar-refractivity contribution in [2.24, 2.45) is 0 Å². The van der Waals surface area contributed by atoms with E-state index in [9.17, 15) is 4.79 Å². The van der Waals surface area contributed by atoms with Gasteiger partial charge >= 0.3 is 0 Å². The van der Waals surface area contributed by atoms with Gasteiger partial charge in [0, 0.05) is 12.1 Å². The molecule has 158 valence electrons. The van der Waals surface area contributed by atoms with Crippen LogP contribution >= 0.6 is 0 Å². The minimum atomic E-state index is -0.0951. The second kappa shape index (κ2) is 8.92. The van der Waals surface area contributed by atoms with Gasteiger partial charge in [0.15, 0.2) is 11.5 Å². The first-order chi connectivity index (χ1) is 15.1. The van der Waals surface area contributed by atoms with E-state index in [0.717, 1.165) is 33.7 Å². The summed E-state index contributed by atoms with van der Waals surface area (Å²) in [5.74, 6) is 2.06. The molecule has 1 amide bonds. The number of carbonyl (C=O) groups excluding carboxylic acids is 1. The number of amides is 1. The number of ether oxygens (including phenoxy) is 2. The highest BCUT2D eigenvalue weighted by Gasteiger charge is 2.15. The number of para-hydroxylation sites is 2. The van der Waals surface area contributed by atoms with Crippen LogP contribution in [-0.2, 0) is 17.8 Å². The number of methoxy groups -OCH3 is 2. The van der Waals surface area contributed by atoms with Crippen molar-refractivity contribution >= 4 is 22.6 Å². The Kier molecular flexibility index (Phi) is 5.89. The summed E-state index contributed by atoms with van der Waals surface area (Å²) in [6.45, 7) is 2.18. The molecule has 4 rings (SSSR count). The molecule has 1 N–H and O–H groups in total. The maximum absolute atomic E-state index is 12.8. The molecular formula is C25H25N3O3. The Morgan fingerprint density at radius 2 is 1.77 bits per heavy atom. The molecule has 0 atom stereocenters. The molecule has 0 fully saturated rings. The summed E-state index contributed by atoms with van der Waals surface area (Å²) >= 11 is 0. The molecule has 6 nitrogen and oxygen atoms in total. The maximum atomic E-state index is 12.8. The number of carbonyl (C=O) groups is 1. The van der Waals surface area contributed by atoms with Gasteiger partial charge in [0.2, 0.25) is 5.91 Å². The van der Waals surface area contributed by atoms with Gasteiger partial charge in [0.25, 0.3) is 0 Å². The van der Waals surface area contributed by atoms with Crippen molar-refractivity contribution in [3.63, 3.8) is 0 Å². The Morgan fingerprint density at radius 1 is 0.968 bits per heavy atom. The number of imidazole rings is 1. The summed E-state index contributed by atoms with van der Waals surface area (Å²) in [7, 11) is 3.23. The number of aromatic nitrogens is 2. The number of aryl methyl sites for hydroxylation is 1. The molecule has 0 aliphatic carbocycles. The van der Waals surface area contributed by atoms with Crippen molar-refractivity contribution in [1.82, 2.24) is 9.55 Å². The van der Waals surface area contributed by atoms with Gasteiger partial charge in [-0.3, -0.25) is 4.79 Å². The molecule has 0 bridgehead atoms. The second-order valence-corrected chi connectivity index (χ2v) is 7.39. The third kappa shape index (κ3) is 4.53. The Balaban J connectivity index is 1.64. The van der Waals surface area contributed by atoms with Gasteiger partial charge in [0.1, 0.15) is 12.4 Å². The lowest BCUT2D eigenvalue weighted by molar-refractivity contribution is -0.116. The van der Waals surface area contributed by atoms with Crippen LogP contribution in [0.3, 0.4) is 0 Å². The highest BCUT2D eigenvalue weighted by atomic mass is 16.5. The molecule has 1 heterocycles. The summed E-state index contributed by atoms with van der Waals surface area (Å²) in [6.07, 6.45) is 0.562. The summed E-state index contributed by atoms with van der Waals surface area (Å²) in [4.78, 5) is 17.6. The number of benzene rings is 3. The fourth-order valence-electron chi connectivity index (χ4n) is 3.68. The smallest absolute Gasteiger partial charge is 0.244 e. The number of anilines is 1. The van der Waals surface area contributed by atoms with E-state index in [-0.39, 0.29) is 12.5 Å². The maximum Gasteiger partial charge on any atom is 0.244 e. The van der Waals surface area contributed by atoms with Crippen molar-refractivity contribution in [2.45, 2.75) is 19.9 Å². The Hall–Kier alpha value is -3.80. The van der Waals surface area contributed by atoms with Crippen LogP contribution in [0.25, 0.3) is 11.0 Å². The molecule has 0 radical (unpaired) electrons. The molecule has 0 spiro atoms. The lowest BCUT2D eigenvalue weighted by Crippen LogP contribution is -2.20.